The normalized spacial score (nSPS) is 53.2. The molecule has 0 heterocycles. The summed E-state index contributed by atoms with van der Waals surface area (Å²) in [6, 6.07) is 0. The van der Waals surface area contributed by atoms with Crippen LogP contribution >= 0.6 is 0 Å². The Labute approximate surface area is 77.7 Å². The average molecular weight is 178 g/mol. The maximum absolute atomic E-state index is 11.6. The van der Waals surface area contributed by atoms with Gasteiger partial charge in [-0.1, -0.05) is 6.92 Å². The molecule has 70 valence electrons. The van der Waals surface area contributed by atoms with Gasteiger partial charge in [-0.2, -0.15) is 0 Å². The summed E-state index contributed by atoms with van der Waals surface area (Å²) < 4.78 is 0. The highest BCUT2D eigenvalue weighted by Gasteiger charge is 2.59. The zero-order valence-electron chi connectivity index (χ0n) is 7.82. The molecule has 3 aliphatic rings. The van der Waals surface area contributed by atoms with Gasteiger partial charge in [-0.3, -0.25) is 9.59 Å². The second-order valence-corrected chi connectivity index (χ2v) is 5.03. The first-order valence-electron chi connectivity index (χ1n) is 5.24. The topological polar surface area (TPSA) is 34.1 Å². The van der Waals surface area contributed by atoms with Crippen molar-refractivity contribution < 1.29 is 9.59 Å². The molecule has 5 unspecified atom stereocenters. The molecule has 13 heavy (non-hydrogen) atoms. The van der Waals surface area contributed by atoms with Gasteiger partial charge in [0, 0.05) is 11.8 Å². The SMILES string of the molecule is CC1CC2CC1C1C(=O)CC(=O)C21. The molecule has 0 amide bonds. The Bertz CT molecular complexity index is 294. The highest BCUT2D eigenvalue weighted by Crippen LogP contribution is 2.58. The third-order valence-corrected chi connectivity index (χ3v) is 4.43. The molecule has 3 fully saturated rings. The summed E-state index contributed by atoms with van der Waals surface area (Å²) in [5.41, 5.74) is 0. The predicted molar refractivity (Wildman–Crippen MR) is 47.0 cm³/mol. The van der Waals surface area contributed by atoms with Crippen LogP contribution in [-0.2, 0) is 9.59 Å². The van der Waals surface area contributed by atoms with E-state index in [-0.39, 0.29) is 29.8 Å². The van der Waals surface area contributed by atoms with Crippen LogP contribution in [0.2, 0.25) is 0 Å². The number of carbonyl (C=O) groups is 2. The molecule has 0 aromatic heterocycles. The maximum Gasteiger partial charge on any atom is 0.144 e. The van der Waals surface area contributed by atoms with Crippen LogP contribution in [0.5, 0.6) is 0 Å². The fraction of sp³-hybridized carbons (Fsp3) is 0.818. The lowest BCUT2D eigenvalue weighted by Crippen LogP contribution is -2.28. The molecule has 2 heteroatoms. The number of ketones is 2. The van der Waals surface area contributed by atoms with Crippen molar-refractivity contribution in [2.45, 2.75) is 26.2 Å². The van der Waals surface area contributed by atoms with E-state index in [0.717, 1.165) is 6.42 Å². The van der Waals surface area contributed by atoms with Crippen LogP contribution in [0.25, 0.3) is 0 Å². The number of hydrogen-bond acceptors (Lipinski definition) is 2. The van der Waals surface area contributed by atoms with Crippen molar-refractivity contribution in [3.63, 3.8) is 0 Å². The molecule has 0 aromatic rings. The summed E-state index contributed by atoms with van der Waals surface area (Å²) in [7, 11) is 0. The number of fused-ring (bicyclic) bond motifs is 5. The molecule has 3 saturated carbocycles. The van der Waals surface area contributed by atoms with Crippen LogP contribution < -0.4 is 0 Å². The van der Waals surface area contributed by atoms with E-state index in [1.165, 1.54) is 6.42 Å². The summed E-state index contributed by atoms with van der Waals surface area (Å²) in [6.07, 6.45) is 2.58. The van der Waals surface area contributed by atoms with Gasteiger partial charge < -0.3 is 0 Å². The second-order valence-electron chi connectivity index (χ2n) is 5.03. The van der Waals surface area contributed by atoms with Gasteiger partial charge in [-0.25, -0.2) is 0 Å². The average Bonchev–Trinajstić information content (AvgIpc) is 2.64. The minimum absolute atomic E-state index is 0.140. The van der Waals surface area contributed by atoms with Gasteiger partial charge in [0.15, 0.2) is 0 Å². The van der Waals surface area contributed by atoms with Crippen LogP contribution in [-0.4, -0.2) is 11.6 Å². The van der Waals surface area contributed by atoms with Crippen LogP contribution in [0.15, 0.2) is 0 Å². The van der Waals surface area contributed by atoms with E-state index in [1.807, 2.05) is 0 Å². The first-order chi connectivity index (χ1) is 6.18. The van der Waals surface area contributed by atoms with E-state index in [2.05, 4.69) is 6.92 Å². The van der Waals surface area contributed by atoms with E-state index in [1.54, 1.807) is 0 Å². The molecule has 5 atom stereocenters. The number of hydrogen-bond donors (Lipinski definition) is 0. The monoisotopic (exact) mass is 178 g/mol. The molecule has 0 aromatic carbocycles. The lowest BCUT2D eigenvalue weighted by molar-refractivity contribution is -0.123. The molecular weight excluding hydrogens is 164 g/mol. The summed E-state index contributed by atoms with van der Waals surface area (Å²) in [5.74, 6) is 2.57. The zero-order chi connectivity index (χ0) is 9.16. The minimum Gasteiger partial charge on any atom is -0.299 e. The molecule has 2 bridgehead atoms. The van der Waals surface area contributed by atoms with Gasteiger partial charge in [0.25, 0.3) is 0 Å². The van der Waals surface area contributed by atoms with Gasteiger partial charge in [0.1, 0.15) is 11.6 Å². The van der Waals surface area contributed by atoms with E-state index >= 15 is 0 Å². The Morgan fingerprint density at radius 1 is 1.08 bits per heavy atom. The smallest absolute Gasteiger partial charge is 0.144 e. The Morgan fingerprint density at radius 2 is 1.77 bits per heavy atom. The fourth-order valence-corrected chi connectivity index (χ4v) is 3.99. The molecule has 0 aliphatic heterocycles. The van der Waals surface area contributed by atoms with E-state index < -0.39 is 0 Å². The van der Waals surface area contributed by atoms with Crippen molar-refractivity contribution in [2.75, 3.05) is 0 Å². The third-order valence-electron chi connectivity index (χ3n) is 4.43. The quantitative estimate of drug-likeness (QED) is 0.526. The molecule has 0 N–H and O–H groups in total. The Kier molecular flexibility index (Phi) is 1.32. The van der Waals surface area contributed by atoms with Gasteiger partial charge >= 0.3 is 0 Å². The summed E-state index contributed by atoms with van der Waals surface area (Å²) in [4.78, 5) is 23.1. The summed E-state index contributed by atoms with van der Waals surface area (Å²) in [5, 5.41) is 0. The number of rotatable bonds is 0. The fourth-order valence-electron chi connectivity index (χ4n) is 3.99. The number of carbonyl (C=O) groups excluding carboxylic acids is 2. The van der Waals surface area contributed by atoms with Crippen LogP contribution in [0.3, 0.4) is 0 Å². The first-order valence-corrected chi connectivity index (χ1v) is 5.24. The first kappa shape index (κ1) is 7.72. The van der Waals surface area contributed by atoms with Gasteiger partial charge in [-0.15, -0.1) is 0 Å². The zero-order valence-corrected chi connectivity index (χ0v) is 7.82. The van der Waals surface area contributed by atoms with Crippen molar-refractivity contribution >= 4 is 11.6 Å². The predicted octanol–water partition coefficient (Wildman–Crippen LogP) is 1.44. The van der Waals surface area contributed by atoms with E-state index in [9.17, 15) is 9.59 Å². The standard InChI is InChI=1S/C11H14O2/c1-5-2-6-3-7(5)11-9(13)4-8(12)10(6)11/h5-7,10-11H,2-4H2,1H3. The Hall–Kier alpha value is -0.660. The van der Waals surface area contributed by atoms with Crippen LogP contribution in [0.4, 0.5) is 0 Å². The van der Waals surface area contributed by atoms with Gasteiger partial charge in [-0.05, 0) is 30.6 Å². The van der Waals surface area contributed by atoms with Gasteiger partial charge in [0.2, 0.25) is 0 Å². The van der Waals surface area contributed by atoms with E-state index in [0.29, 0.717) is 17.8 Å². The summed E-state index contributed by atoms with van der Waals surface area (Å²) >= 11 is 0. The van der Waals surface area contributed by atoms with E-state index in [4.69, 9.17) is 0 Å². The van der Waals surface area contributed by atoms with Crippen molar-refractivity contribution in [3.8, 4) is 0 Å². The number of Topliss-reactive ketones (excluding diaryl/α,β-unsaturated/α-hetero) is 2. The van der Waals surface area contributed by atoms with Crippen LogP contribution in [0.1, 0.15) is 26.2 Å². The lowest BCUT2D eigenvalue weighted by atomic mass is 9.76. The highest BCUT2D eigenvalue weighted by atomic mass is 16.2. The Balaban J connectivity index is 2.00. The van der Waals surface area contributed by atoms with Crippen molar-refractivity contribution in [3.05, 3.63) is 0 Å². The molecule has 0 spiro atoms. The lowest BCUT2D eigenvalue weighted by Gasteiger charge is -2.26. The maximum atomic E-state index is 11.6. The van der Waals surface area contributed by atoms with Crippen molar-refractivity contribution in [2.24, 2.45) is 29.6 Å². The Morgan fingerprint density at radius 3 is 2.54 bits per heavy atom. The molecule has 3 rings (SSSR count). The van der Waals surface area contributed by atoms with Gasteiger partial charge in [0.05, 0.1) is 6.42 Å². The second kappa shape index (κ2) is 2.23. The van der Waals surface area contributed by atoms with Crippen molar-refractivity contribution in [1.82, 2.24) is 0 Å². The summed E-state index contributed by atoms with van der Waals surface area (Å²) in [6.45, 7) is 2.23. The minimum atomic E-state index is 0.140. The molecule has 0 saturated heterocycles. The molecule has 0 radical (unpaired) electrons. The molecular formula is C11H14O2. The van der Waals surface area contributed by atoms with Crippen LogP contribution in [0, 0.1) is 29.6 Å². The largest absolute Gasteiger partial charge is 0.299 e. The van der Waals surface area contributed by atoms with Crippen molar-refractivity contribution in [1.29, 1.82) is 0 Å². The molecule has 3 aliphatic carbocycles. The third kappa shape index (κ3) is 0.792. The highest BCUT2D eigenvalue weighted by molar-refractivity contribution is 6.09. The molecule has 2 nitrogen and oxygen atoms in total.